The first-order valence-electron chi connectivity index (χ1n) is 9.04. The normalized spacial score (nSPS) is 13.2. The molecule has 0 bridgehead atoms. The molecule has 0 unspecified atom stereocenters. The number of benzene rings is 2. The van der Waals surface area contributed by atoms with E-state index in [0.717, 1.165) is 6.26 Å². The molecule has 0 aliphatic heterocycles. The first kappa shape index (κ1) is 22.7. The lowest BCUT2D eigenvalue weighted by molar-refractivity contribution is -0.119. The van der Waals surface area contributed by atoms with E-state index in [2.05, 4.69) is 15.4 Å². The summed E-state index contributed by atoms with van der Waals surface area (Å²) in [5, 5.41) is 6.06. The van der Waals surface area contributed by atoms with Crippen molar-refractivity contribution in [1.82, 2.24) is 5.32 Å². The maximum absolute atomic E-state index is 12.8. The Hall–Kier alpha value is -2.58. The maximum Gasteiger partial charge on any atom is 0.251 e. The number of carbonyl (C=O) groups excluding carboxylic acids is 2. The lowest BCUT2D eigenvalue weighted by atomic mass is 9.97. The van der Waals surface area contributed by atoms with Gasteiger partial charge < -0.3 is 10.6 Å². The molecule has 0 saturated heterocycles. The number of nitrogens with one attached hydrogen (secondary N) is 3. The first-order chi connectivity index (χ1) is 13.6. The molecule has 2 amide bonds. The number of halogens is 1. The first-order valence-corrected chi connectivity index (χ1v) is 11.3. The summed E-state index contributed by atoms with van der Waals surface area (Å²) in [5.74, 6) is -0.822. The summed E-state index contributed by atoms with van der Waals surface area (Å²) in [6.45, 7) is 3.82. The monoisotopic (exact) mass is 437 g/mol. The third-order valence-electron chi connectivity index (χ3n) is 4.34. The summed E-state index contributed by atoms with van der Waals surface area (Å²) in [7, 11) is -3.38. The summed E-state index contributed by atoms with van der Waals surface area (Å²) in [5.41, 5.74) is 1.29. The summed E-state index contributed by atoms with van der Waals surface area (Å²) in [6.07, 6.45) is 1.75. The highest BCUT2D eigenvalue weighted by Gasteiger charge is 2.26. The number of hydrogen-bond acceptors (Lipinski definition) is 4. The Morgan fingerprint density at radius 1 is 1.00 bits per heavy atom. The topological polar surface area (TPSA) is 104 Å². The van der Waals surface area contributed by atoms with Gasteiger partial charge in [0.2, 0.25) is 15.9 Å². The van der Waals surface area contributed by atoms with Crippen LogP contribution in [0.2, 0.25) is 5.02 Å². The summed E-state index contributed by atoms with van der Waals surface area (Å²) in [4.78, 5) is 25.3. The van der Waals surface area contributed by atoms with Gasteiger partial charge in [0.1, 0.15) is 6.04 Å². The SMILES string of the molecule is CC[C@@H](C)[C@H](NC(=O)c1ccc(Cl)cc1)C(=O)Nc1ccc(NS(C)(=O)=O)cc1. The van der Waals surface area contributed by atoms with Crippen LogP contribution in [0.25, 0.3) is 0 Å². The van der Waals surface area contributed by atoms with Crippen molar-refractivity contribution in [2.24, 2.45) is 5.92 Å². The van der Waals surface area contributed by atoms with E-state index in [0.29, 0.717) is 28.4 Å². The standard InChI is InChI=1S/C20H24ClN3O4S/c1-4-13(2)18(23-19(25)14-5-7-15(21)8-6-14)20(26)22-16-9-11-17(12-10-16)24-29(3,27)28/h5-13,18,24H,4H2,1-3H3,(H,22,26)(H,23,25)/t13-,18+/m1/s1. The van der Waals surface area contributed by atoms with Crippen molar-refractivity contribution >= 4 is 44.8 Å². The highest BCUT2D eigenvalue weighted by Crippen LogP contribution is 2.17. The fourth-order valence-corrected chi connectivity index (χ4v) is 3.27. The van der Waals surface area contributed by atoms with Gasteiger partial charge in [-0.15, -0.1) is 0 Å². The average Bonchev–Trinajstić information content (AvgIpc) is 2.66. The second-order valence-corrected chi connectivity index (χ2v) is 8.97. The van der Waals surface area contributed by atoms with E-state index in [9.17, 15) is 18.0 Å². The minimum atomic E-state index is -3.38. The van der Waals surface area contributed by atoms with E-state index < -0.39 is 16.1 Å². The van der Waals surface area contributed by atoms with Crippen molar-refractivity contribution in [3.05, 3.63) is 59.1 Å². The molecule has 0 aromatic heterocycles. The predicted molar refractivity (Wildman–Crippen MR) is 116 cm³/mol. The zero-order valence-corrected chi connectivity index (χ0v) is 18.0. The van der Waals surface area contributed by atoms with Gasteiger partial charge in [0.25, 0.3) is 5.91 Å². The number of carbonyl (C=O) groups is 2. The maximum atomic E-state index is 12.8. The van der Waals surface area contributed by atoms with Crippen LogP contribution in [0, 0.1) is 5.92 Å². The Kier molecular flexibility index (Phi) is 7.64. The molecule has 9 heteroatoms. The molecule has 2 rings (SSSR count). The molecule has 0 radical (unpaired) electrons. The number of rotatable bonds is 8. The third-order valence-corrected chi connectivity index (χ3v) is 5.20. The fraction of sp³-hybridized carbons (Fsp3) is 0.300. The number of anilines is 2. The van der Waals surface area contributed by atoms with Crippen molar-refractivity contribution < 1.29 is 18.0 Å². The Morgan fingerprint density at radius 2 is 1.55 bits per heavy atom. The predicted octanol–water partition coefficient (Wildman–Crippen LogP) is 3.49. The molecule has 0 spiro atoms. The van der Waals surface area contributed by atoms with Crippen LogP contribution in [-0.4, -0.2) is 32.5 Å². The van der Waals surface area contributed by atoms with Gasteiger partial charge in [-0.25, -0.2) is 8.42 Å². The van der Waals surface area contributed by atoms with Crippen molar-refractivity contribution in [3.63, 3.8) is 0 Å². The number of sulfonamides is 1. The van der Waals surface area contributed by atoms with Crippen LogP contribution in [0.3, 0.4) is 0 Å². The highest BCUT2D eigenvalue weighted by atomic mass is 35.5. The summed E-state index contributed by atoms with van der Waals surface area (Å²) in [6, 6.07) is 11.9. The molecule has 0 heterocycles. The van der Waals surface area contributed by atoms with Crippen LogP contribution in [0.5, 0.6) is 0 Å². The second-order valence-electron chi connectivity index (χ2n) is 6.78. The molecule has 0 saturated carbocycles. The smallest absolute Gasteiger partial charge is 0.251 e. The quantitative estimate of drug-likeness (QED) is 0.587. The molecule has 0 aliphatic rings. The average molecular weight is 438 g/mol. The molecule has 0 fully saturated rings. The Bertz CT molecular complexity index is 960. The molecule has 0 aliphatic carbocycles. The Morgan fingerprint density at radius 3 is 2.07 bits per heavy atom. The van der Waals surface area contributed by atoms with Crippen LogP contribution in [0.4, 0.5) is 11.4 Å². The van der Waals surface area contributed by atoms with E-state index in [1.165, 1.54) is 0 Å². The molecule has 29 heavy (non-hydrogen) atoms. The molecular weight excluding hydrogens is 414 g/mol. The molecular formula is C20H24ClN3O4S. The third kappa shape index (κ3) is 7.07. The van der Waals surface area contributed by atoms with E-state index in [-0.39, 0.29) is 17.7 Å². The van der Waals surface area contributed by atoms with E-state index in [4.69, 9.17) is 11.6 Å². The van der Waals surface area contributed by atoms with Crippen molar-refractivity contribution in [1.29, 1.82) is 0 Å². The van der Waals surface area contributed by atoms with Gasteiger partial charge in [-0.3, -0.25) is 14.3 Å². The highest BCUT2D eigenvalue weighted by molar-refractivity contribution is 7.92. The molecule has 156 valence electrons. The lowest BCUT2D eigenvalue weighted by Crippen LogP contribution is -2.47. The summed E-state index contributed by atoms with van der Waals surface area (Å²) >= 11 is 5.85. The van der Waals surface area contributed by atoms with E-state index in [1.807, 2.05) is 13.8 Å². The van der Waals surface area contributed by atoms with Gasteiger partial charge in [-0.2, -0.15) is 0 Å². The number of hydrogen-bond donors (Lipinski definition) is 3. The van der Waals surface area contributed by atoms with Gasteiger partial charge in [-0.05, 0) is 54.4 Å². The molecule has 7 nitrogen and oxygen atoms in total. The fourth-order valence-electron chi connectivity index (χ4n) is 2.58. The minimum absolute atomic E-state index is 0.0996. The zero-order chi connectivity index (χ0) is 21.6. The molecule has 3 N–H and O–H groups in total. The van der Waals surface area contributed by atoms with Gasteiger partial charge in [-0.1, -0.05) is 31.9 Å². The van der Waals surface area contributed by atoms with Crippen molar-refractivity contribution in [2.45, 2.75) is 26.3 Å². The second kappa shape index (κ2) is 9.76. The van der Waals surface area contributed by atoms with E-state index in [1.54, 1.807) is 48.5 Å². The molecule has 2 atom stereocenters. The van der Waals surface area contributed by atoms with Crippen LogP contribution in [0.15, 0.2) is 48.5 Å². The Balaban J connectivity index is 2.10. The lowest BCUT2D eigenvalue weighted by Gasteiger charge is -2.23. The van der Waals surface area contributed by atoms with Gasteiger partial charge in [0.05, 0.1) is 6.26 Å². The zero-order valence-electron chi connectivity index (χ0n) is 16.4. The van der Waals surface area contributed by atoms with Crippen molar-refractivity contribution in [2.75, 3.05) is 16.3 Å². The van der Waals surface area contributed by atoms with Crippen LogP contribution < -0.4 is 15.4 Å². The largest absolute Gasteiger partial charge is 0.340 e. The van der Waals surface area contributed by atoms with Gasteiger partial charge in [0.15, 0.2) is 0 Å². The number of amides is 2. The van der Waals surface area contributed by atoms with Crippen LogP contribution in [0.1, 0.15) is 30.6 Å². The van der Waals surface area contributed by atoms with Crippen LogP contribution >= 0.6 is 11.6 Å². The van der Waals surface area contributed by atoms with Gasteiger partial charge >= 0.3 is 0 Å². The summed E-state index contributed by atoms with van der Waals surface area (Å²) < 4.78 is 24.9. The minimum Gasteiger partial charge on any atom is -0.340 e. The van der Waals surface area contributed by atoms with Gasteiger partial charge in [0, 0.05) is 22.0 Å². The molecule has 2 aromatic carbocycles. The molecule has 2 aromatic rings. The van der Waals surface area contributed by atoms with E-state index >= 15 is 0 Å². The van der Waals surface area contributed by atoms with Crippen molar-refractivity contribution in [3.8, 4) is 0 Å². The van der Waals surface area contributed by atoms with Crippen LogP contribution in [-0.2, 0) is 14.8 Å². The Labute approximate surface area is 175 Å².